The lowest BCUT2D eigenvalue weighted by Crippen LogP contribution is -2.48. The number of carboxylic acid groups (broad SMARTS) is 1. The van der Waals surface area contributed by atoms with Gasteiger partial charge in [-0.15, -0.1) is 0 Å². The van der Waals surface area contributed by atoms with Gasteiger partial charge < -0.3 is 30.1 Å². The second-order valence-corrected chi connectivity index (χ2v) is 6.64. The number of hydrogen-bond acceptors (Lipinski definition) is 8. The summed E-state index contributed by atoms with van der Waals surface area (Å²) in [4.78, 5) is 35.6. The van der Waals surface area contributed by atoms with Gasteiger partial charge in [-0.05, 0) is 6.92 Å². The Morgan fingerprint density at radius 1 is 1.42 bits per heavy atom. The van der Waals surface area contributed by atoms with Crippen molar-refractivity contribution in [1.82, 2.24) is 5.32 Å². The fourth-order valence-electron chi connectivity index (χ4n) is 2.46. The average molecular weight is 385 g/mol. The maximum atomic E-state index is 12.5. The van der Waals surface area contributed by atoms with Crippen molar-refractivity contribution in [2.75, 3.05) is 19.5 Å². The molecular formula is C16H19NO8S. The molecule has 26 heavy (non-hydrogen) atoms. The number of benzene rings is 1. The number of rotatable bonds is 2. The number of cyclic esters (lactones) is 1. The first-order valence-electron chi connectivity index (χ1n) is 7.61. The first kappa shape index (κ1) is 19.9. The van der Waals surface area contributed by atoms with Crippen LogP contribution in [0.3, 0.4) is 0 Å². The van der Waals surface area contributed by atoms with Crippen LogP contribution in [-0.4, -0.2) is 64.8 Å². The molecule has 1 aromatic rings. The van der Waals surface area contributed by atoms with Crippen LogP contribution in [0.25, 0.3) is 0 Å². The van der Waals surface area contributed by atoms with Crippen LogP contribution in [0.1, 0.15) is 21.5 Å². The van der Waals surface area contributed by atoms with E-state index in [1.807, 2.05) is 0 Å². The van der Waals surface area contributed by atoms with Crippen molar-refractivity contribution in [1.29, 1.82) is 0 Å². The zero-order chi connectivity index (χ0) is 19.4. The third-order valence-electron chi connectivity index (χ3n) is 3.87. The molecule has 0 aliphatic carbocycles. The summed E-state index contributed by atoms with van der Waals surface area (Å²) in [6, 6.07) is 0.126. The first-order chi connectivity index (χ1) is 12.3. The van der Waals surface area contributed by atoms with Gasteiger partial charge in [-0.2, -0.15) is 11.8 Å². The lowest BCUT2D eigenvalue weighted by Gasteiger charge is -2.21. The second-order valence-electron chi connectivity index (χ2n) is 5.61. The minimum atomic E-state index is -1.71. The van der Waals surface area contributed by atoms with E-state index in [-0.39, 0.29) is 34.1 Å². The summed E-state index contributed by atoms with van der Waals surface area (Å²) in [6.07, 6.45) is -1.71. The van der Waals surface area contributed by atoms with Crippen molar-refractivity contribution >= 4 is 29.6 Å². The van der Waals surface area contributed by atoms with E-state index in [9.17, 15) is 29.7 Å². The predicted octanol–water partition coefficient (Wildman–Crippen LogP) is 0.0431. The summed E-state index contributed by atoms with van der Waals surface area (Å²) >= 11 is 1.10. The largest absolute Gasteiger partial charge is 0.507 e. The number of aliphatic hydroxyl groups is 1. The minimum Gasteiger partial charge on any atom is -0.507 e. The number of aliphatic carboxylic acids is 1. The normalized spacial score (nSPS) is 21.5. The van der Waals surface area contributed by atoms with E-state index in [1.54, 1.807) is 6.92 Å². The number of fused-ring (bicyclic) bond motifs is 1. The summed E-state index contributed by atoms with van der Waals surface area (Å²) in [7, 11) is 1.38. The van der Waals surface area contributed by atoms with Crippen molar-refractivity contribution in [3.8, 4) is 11.5 Å². The quantitative estimate of drug-likeness (QED) is 0.519. The van der Waals surface area contributed by atoms with Gasteiger partial charge in [-0.25, -0.2) is 9.59 Å². The molecule has 9 nitrogen and oxygen atoms in total. The molecule has 0 bridgehead atoms. The third kappa shape index (κ3) is 4.20. The smallest absolute Gasteiger partial charge is 0.339 e. The highest BCUT2D eigenvalue weighted by Crippen LogP contribution is 2.35. The Hall–Kier alpha value is -2.46. The standard InChI is InChI=1S/C16H19NO8S/c1-7-12(24-2)3-10(18)8-5-26-6-9(15(21)22)17-14(20)11(19)4-25-16(23)13(7)8/h3,9,11,18-19H,4-6H2,1-2H3,(H,17,20)(H,21,22)/t9-,11-/m0/s1. The Morgan fingerprint density at radius 2 is 2.12 bits per heavy atom. The predicted molar refractivity (Wildman–Crippen MR) is 91.4 cm³/mol. The van der Waals surface area contributed by atoms with Crippen LogP contribution in [-0.2, 0) is 20.1 Å². The number of thioether (sulfide) groups is 1. The van der Waals surface area contributed by atoms with Gasteiger partial charge in [-0.3, -0.25) is 4.79 Å². The number of phenols is 1. The molecule has 2 atom stereocenters. The average Bonchev–Trinajstić information content (AvgIpc) is 2.59. The zero-order valence-electron chi connectivity index (χ0n) is 14.1. The lowest BCUT2D eigenvalue weighted by molar-refractivity contribution is -0.143. The van der Waals surface area contributed by atoms with Gasteiger partial charge in [0.2, 0.25) is 0 Å². The molecule has 4 N–H and O–H groups in total. The van der Waals surface area contributed by atoms with E-state index in [1.165, 1.54) is 13.2 Å². The molecule has 0 spiro atoms. The van der Waals surface area contributed by atoms with Gasteiger partial charge in [-0.1, -0.05) is 0 Å². The van der Waals surface area contributed by atoms with E-state index >= 15 is 0 Å². The summed E-state index contributed by atoms with van der Waals surface area (Å²) in [5, 5.41) is 31.4. The number of ether oxygens (including phenoxy) is 2. The van der Waals surface area contributed by atoms with Crippen molar-refractivity contribution in [3.05, 3.63) is 22.8 Å². The molecule has 1 aliphatic heterocycles. The highest BCUT2D eigenvalue weighted by Gasteiger charge is 2.29. The first-order valence-corrected chi connectivity index (χ1v) is 8.77. The number of amides is 1. The molecule has 0 saturated heterocycles. The minimum absolute atomic E-state index is 0.0210. The van der Waals surface area contributed by atoms with Gasteiger partial charge in [0, 0.05) is 28.7 Å². The zero-order valence-corrected chi connectivity index (χ0v) is 15.0. The number of aromatic hydroxyl groups is 1. The summed E-state index contributed by atoms with van der Waals surface area (Å²) in [5.74, 6) is -2.86. The van der Waals surface area contributed by atoms with Crippen LogP contribution < -0.4 is 10.1 Å². The molecule has 2 rings (SSSR count). The third-order valence-corrected chi connectivity index (χ3v) is 4.93. The number of nitrogens with one attached hydrogen (secondary N) is 1. The molecule has 1 aromatic carbocycles. The molecular weight excluding hydrogens is 366 g/mol. The number of methoxy groups -OCH3 is 1. The van der Waals surface area contributed by atoms with E-state index in [2.05, 4.69) is 5.32 Å². The molecule has 0 radical (unpaired) electrons. The number of carbonyl (C=O) groups is 3. The lowest BCUT2D eigenvalue weighted by atomic mass is 10.0. The number of phenolic OH excluding ortho intramolecular Hbond substituents is 1. The Labute approximate surface area is 153 Å². The van der Waals surface area contributed by atoms with E-state index < -0.39 is 36.6 Å². The van der Waals surface area contributed by atoms with E-state index in [4.69, 9.17) is 9.47 Å². The van der Waals surface area contributed by atoms with E-state index in [0.29, 0.717) is 5.56 Å². The van der Waals surface area contributed by atoms with Crippen LogP contribution in [0.5, 0.6) is 11.5 Å². The van der Waals surface area contributed by atoms with Crippen molar-refractivity contribution in [2.24, 2.45) is 0 Å². The second kappa shape index (κ2) is 8.28. The SMILES string of the molecule is COc1cc(O)c2c(c1C)C(=O)OC[C@H](O)C(=O)N[C@H](C(=O)O)CSC2. The summed E-state index contributed by atoms with van der Waals surface area (Å²) in [5.41, 5.74) is 0.759. The van der Waals surface area contributed by atoms with Gasteiger partial charge in [0.15, 0.2) is 6.10 Å². The fourth-order valence-corrected chi connectivity index (χ4v) is 3.53. The van der Waals surface area contributed by atoms with Crippen molar-refractivity contribution < 1.29 is 39.2 Å². The van der Waals surface area contributed by atoms with Crippen LogP contribution >= 0.6 is 11.8 Å². The monoisotopic (exact) mass is 385 g/mol. The number of carboxylic acids is 1. The number of carbonyl (C=O) groups excluding carboxylic acids is 2. The number of hydrogen-bond donors (Lipinski definition) is 4. The van der Waals surface area contributed by atoms with Crippen LogP contribution in [0.15, 0.2) is 6.07 Å². The maximum Gasteiger partial charge on any atom is 0.339 e. The maximum absolute atomic E-state index is 12.5. The highest BCUT2D eigenvalue weighted by molar-refractivity contribution is 7.98. The molecule has 1 aliphatic rings. The molecule has 1 amide bonds. The fraction of sp³-hybridized carbons (Fsp3) is 0.438. The van der Waals surface area contributed by atoms with Crippen molar-refractivity contribution in [3.63, 3.8) is 0 Å². The Morgan fingerprint density at radius 3 is 2.73 bits per heavy atom. The number of esters is 1. The van der Waals surface area contributed by atoms with Gasteiger partial charge >= 0.3 is 11.9 Å². The van der Waals surface area contributed by atoms with Crippen molar-refractivity contribution in [2.45, 2.75) is 24.8 Å². The summed E-state index contributed by atoms with van der Waals surface area (Å²) in [6.45, 7) is 0.957. The molecule has 0 aromatic heterocycles. The van der Waals surface area contributed by atoms with Gasteiger partial charge in [0.05, 0.1) is 12.7 Å². The van der Waals surface area contributed by atoms with Crippen LogP contribution in [0.2, 0.25) is 0 Å². The van der Waals surface area contributed by atoms with E-state index in [0.717, 1.165) is 11.8 Å². The Bertz CT molecular complexity index is 735. The Kier molecular flexibility index (Phi) is 6.32. The van der Waals surface area contributed by atoms with Crippen LogP contribution in [0.4, 0.5) is 0 Å². The Balaban J connectivity index is 2.45. The summed E-state index contributed by atoms with van der Waals surface area (Å²) < 4.78 is 10.1. The van der Waals surface area contributed by atoms with Gasteiger partial charge in [0.25, 0.3) is 5.91 Å². The van der Waals surface area contributed by atoms with Crippen LogP contribution in [0, 0.1) is 6.92 Å². The molecule has 10 heteroatoms. The number of aliphatic hydroxyl groups excluding tert-OH is 1. The molecule has 0 fully saturated rings. The molecule has 1 heterocycles. The highest BCUT2D eigenvalue weighted by atomic mass is 32.2. The topological polar surface area (TPSA) is 142 Å². The molecule has 0 saturated carbocycles. The molecule has 142 valence electrons. The van der Waals surface area contributed by atoms with Gasteiger partial charge in [0.1, 0.15) is 24.1 Å². The molecule has 0 unspecified atom stereocenters.